The summed E-state index contributed by atoms with van der Waals surface area (Å²) in [5.41, 5.74) is 7.03. The molecule has 1 atom stereocenters. The van der Waals surface area contributed by atoms with Crippen molar-refractivity contribution in [3.05, 3.63) is 58.9 Å². The second kappa shape index (κ2) is 10.3. The van der Waals surface area contributed by atoms with Crippen molar-refractivity contribution in [2.24, 2.45) is 5.73 Å². The topological polar surface area (TPSA) is 99.9 Å². The van der Waals surface area contributed by atoms with Crippen LogP contribution in [0.15, 0.2) is 47.8 Å². The van der Waals surface area contributed by atoms with Crippen LogP contribution in [0.1, 0.15) is 43.1 Å². The quantitative estimate of drug-likeness (QED) is 0.487. The Bertz CT molecular complexity index is 923. The van der Waals surface area contributed by atoms with E-state index in [1.165, 1.54) is 6.08 Å². The SMILES string of the molecule is COC1=CC=C(C=CC(=O)c2ccc(OC)c(C)c2OC(C)(C)C)CC1NC(=O)CN. The molecule has 2 rings (SSSR count). The van der Waals surface area contributed by atoms with Crippen molar-refractivity contribution in [2.75, 3.05) is 20.8 Å². The van der Waals surface area contributed by atoms with Crippen LogP contribution in [0.3, 0.4) is 0 Å². The highest BCUT2D eigenvalue weighted by atomic mass is 16.5. The molecule has 0 saturated heterocycles. The van der Waals surface area contributed by atoms with Crippen LogP contribution < -0.4 is 20.5 Å². The summed E-state index contributed by atoms with van der Waals surface area (Å²) in [4.78, 5) is 24.7. The standard InChI is InChI=1S/C24H32N2O5/c1-15-20(29-5)12-9-17(23(15)31-24(2,3)4)19(27)10-7-16-8-11-21(30-6)18(13-16)26-22(28)14-25/h7-12,18H,13-14,25H2,1-6H3,(H,26,28). The zero-order valence-corrected chi connectivity index (χ0v) is 19.1. The van der Waals surface area contributed by atoms with Crippen LogP contribution in [0.2, 0.25) is 0 Å². The lowest BCUT2D eigenvalue weighted by molar-refractivity contribution is -0.120. The first-order chi connectivity index (χ1) is 14.6. The predicted octanol–water partition coefficient (Wildman–Crippen LogP) is 3.22. The van der Waals surface area contributed by atoms with E-state index >= 15 is 0 Å². The van der Waals surface area contributed by atoms with Crippen LogP contribution in [0, 0.1) is 6.92 Å². The average Bonchev–Trinajstić information content (AvgIpc) is 2.72. The Kier molecular flexibility index (Phi) is 8.05. The predicted molar refractivity (Wildman–Crippen MR) is 120 cm³/mol. The Morgan fingerprint density at radius 2 is 1.90 bits per heavy atom. The van der Waals surface area contributed by atoms with Gasteiger partial charge in [-0.3, -0.25) is 9.59 Å². The molecule has 0 radical (unpaired) electrons. The van der Waals surface area contributed by atoms with E-state index in [-0.39, 0.29) is 24.3 Å². The Morgan fingerprint density at radius 3 is 2.48 bits per heavy atom. The van der Waals surface area contributed by atoms with Gasteiger partial charge in [-0.25, -0.2) is 0 Å². The Morgan fingerprint density at radius 1 is 1.19 bits per heavy atom. The number of amides is 1. The molecule has 7 nitrogen and oxygen atoms in total. The zero-order valence-electron chi connectivity index (χ0n) is 19.1. The van der Waals surface area contributed by atoms with Gasteiger partial charge in [0, 0.05) is 5.56 Å². The lowest BCUT2D eigenvalue weighted by Gasteiger charge is -2.25. The van der Waals surface area contributed by atoms with Gasteiger partial charge in [0.25, 0.3) is 0 Å². The van der Waals surface area contributed by atoms with Gasteiger partial charge in [-0.15, -0.1) is 0 Å². The average molecular weight is 429 g/mol. The van der Waals surface area contributed by atoms with Gasteiger partial charge < -0.3 is 25.3 Å². The van der Waals surface area contributed by atoms with E-state index in [1.807, 2.05) is 33.8 Å². The summed E-state index contributed by atoms with van der Waals surface area (Å²) in [5.74, 6) is 1.35. The van der Waals surface area contributed by atoms with Gasteiger partial charge in [0.15, 0.2) is 5.78 Å². The number of nitrogens with one attached hydrogen (secondary N) is 1. The first kappa shape index (κ1) is 24.2. The van der Waals surface area contributed by atoms with Crippen LogP contribution >= 0.6 is 0 Å². The summed E-state index contributed by atoms with van der Waals surface area (Å²) >= 11 is 0. The van der Waals surface area contributed by atoms with Gasteiger partial charge in [-0.2, -0.15) is 0 Å². The Labute approximate surface area is 183 Å². The third-order valence-electron chi connectivity index (χ3n) is 4.70. The molecule has 3 N–H and O–H groups in total. The second-order valence-corrected chi connectivity index (χ2v) is 8.22. The maximum atomic E-state index is 13.0. The molecule has 1 aromatic rings. The van der Waals surface area contributed by atoms with Gasteiger partial charge >= 0.3 is 0 Å². The number of nitrogens with two attached hydrogens (primary N) is 1. The third kappa shape index (κ3) is 6.46. The van der Waals surface area contributed by atoms with E-state index in [2.05, 4.69) is 5.32 Å². The van der Waals surface area contributed by atoms with Gasteiger partial charge in [0.2, 0.25) is 5.91 Å². The largest absolute Gasteiger partial charge is 0.499 e. The number of allylic oxidation sites excluding steroid dienone is 4. The second-order valence-electron chi connectivity index (χ2n) is 8.22. The fourth-order valence-corrected chi connectivity index (χ4v) is 3.22. The highest BCUT2D eigenvalue weighted by molar-refractivity contribution is 6.07. The minimum absolute atomic E-state index is 0.103. The summed E-state index contributed by atoms with van der Waals surface area (Å²) in [5, 5.41) is 2.82. The lowest BCUT2D eigenvalue weighted by atomic mass is 9.97. The molecular weight excluding hydrogens is 396 g/mol. The fraction of sp³-hybridized carbons (Fsp3) is 0.417. The van der Waals surface area contributed by atoms with Crippen LogP contribution in [0.25, 0.3) is 0 Å². The normalized spacial score (nSPS) is 16.4. The first-order valence-corrected chi connectivity index (χ1v) is 10.1. The number of carbonyl (C=O) groups excluding carboxylic acids is 2. The summed E-state index contributed by atoms with van der Waals surface area (Å²) in [6, 6.07) is 3.14. The molecule has 1 aliphatic carbocycles. The number of methoxy groups -OCH3 is 2. The minimum Gasteiger partial charge on any atom is -0.499 e. The maximum Gasteiger partial charge on any atom is 0.234 e. The van der Waals surface area contributed by atoms with Crippen molar-refractivity contribution in [2.45, 2.75) is 45.8 Å². The maximum absolute atomic E-state index is 13.0. The highest BCUT2D eigenvalue weighted by Gasteiger charge is 2.23. The molecule has 31 heavy (non-hydrogen) atoms. The highest BCUT2D eigenvalue weighted by Crippen LogP contribution is 2.34. The summed E-state index contributed by atoms with van der Waals surface area (Å²) in [7, 11) is 3.14. The van der Waals surface area contributed by atoms with Crippen molar-refractivity contribution in [3.8, 4) is 11.5 Å². The molecule has 0 saturated carbocycles. The molecule has 0 bridgehead atoms. The van der Waals surface area contributed by atoms with E-state index in [0.717, 1.165) is 11.1 Å². The Balaban J connectivity index is 2.28. The molecule has 1 aliphatic rings. The van der Waals surface area contributed by atoms with E-state index in [4.69, 9.17) is 19.9 Å². The molecule has 0 aromatic heterocycles. The first-order valence-electron chi connectivity index (χ1n) is 10.1. The van der Waals surface area contributed by atoms with E-state index in [0.29, 0.717) is 29.2 Å². The van der Waals surface area contributed by atoms with Crippen molar-refractivity contribution >= 4 is 11.7 Å². The number of ketones is 1. The van der Waals surface area contributed by atoms with Gasteiger partial charge in [-0.1, -0.05) is 12.2 Å². The van der Waals surface area contributed by atoms with Gasteiger partial charge in [0.05, 0.1) is 32.4 Å². The van der Waals surface area contributed by atoms with Gasteiger partial charge in [-0.05, 0) is 64.0 Å². The van der Waals surface area contributed by atoms with E-state index < -0.39 is 5.60 Å². The van der Waals surface area contributed by atoms with Crippen molar-refractivity contribution in [1.82, 2.24) is 5.32 Å². The molecule has 0 aliphatic heterocycles. The van der Waals surface area contributed by atoms with Gasteiger partial charge in [0.1, 0.15) is 22.9 Å². The third-order valence-corrected chi connectivity index (χ3v) is 4.70. The molecule has 1 amide bonds. The van der Waals surface area contributed by atoms with Crippen LogP contribution in [-0.4, -0.2) is 44.1 Å². The molecule has 168 valence electrons. The molecule has 7 heteroatoms. The van der Waals surface area contributed by atoms with Crippen molar-refractivity contribution < 1.29 is 23.8 Å². The number of benzene rings is 1. The van der Waals surface area contributed by atoms with Crippen LogP contribution in [0.5, 0.6) is 11.5 Å². The lowest BCUT2D eigenvalue weighted by Crippen LogP contribution is -2.41. The Hall–Kier alpha value is -3.06. The fourth-order valence-electron chi connectivity index (χ4n) is 3.22. The summed E-state index contributed by atoms with van der Waals surface area (Å²) in [6.45, 7) is 7.55. The van der Waals surface area contributed by atoms with Crippen molar-refractivity contribution in [1.29, 1.82) is 0 Å². The number of rotatable bonds is 8. The van der Waals surface area contributed by atoms with Crippen LogP contribution in [-0.2, 0) is 9.53 Å². The number of carbonyl (C=O) groups is 2. The van der Waals surface area contributed by atoms with Crippen LogP contribution in [0.4, 0.5) is 0 Å². The number of ether oxygens (including phenoxy) is 3. The summed E-state index contributed by atoms with van der Waals surface area (Å²) in [6.07, 6.45) is 7.38. The van der Waals surface area contributed by atoms with Crippen molar-refractivity contribution in [3.63, 3.8) is 0 Å². The molecule has 1 aromatic carbocycles. The number of hydrogen-bond acceptors (Lipinski definition) is 6. The molecule has 0 spiro atoms. The zero-order chi connectivity index (χ0) is 23.2. The monoisotopic (exact) mass is 428 g/mol. The minimum atomic E-state index is -0.475. The van der Waals surface area contributed by atoms with E-state index in [9.17, 15) is 9.59 Å². The molecular formula is C24H32N2O5. The smallest absolute Gasteiger partial charge is 0.234 e. The summed E-state index contributed by atoms with van der Waals surface area (Å²) < 4.78 is 16.8. The molecule has 1 unspecified atom stereocenters. The number of hydrogen-bond donors (Lipinski definition) is 2. The van der Waals surface area contributed by atoms with E-state index in [1.54, 1.807) is 38.5 Å². The molecule has 0 fully saturated rings. The molecule has 0 heterocycles.